The lowest BCUT2D eigenvalue weighted by Gasteiger charge is -2.17. The second-order valence-electron chi connectivity index (χ2n) is 5.26. The summed E-state index contributed by atoms with van der Waals surface area (Å²) in [6.07, 6.45) is 0. The van der Waals surface area contributed by atoms with Crippen molar-refractivity contribution in [2.75, 3.05) is 12.9 Å². The summed E-state index contributed by atoms with van der Waals surface area (Å²) >= 11 is 13.5. The number of carbonyl (C=O) groups excluding carboxylic acids is 1. The highest BCUT2D eigenvalue weighted by Crippen LogP contribution is 2.26. The highest BCUT2D eigenvalue weighted by atomic mass is 35.5. The van der Waals surface area contributed by atoms with Gasteiger partial charge in [-0.05, 0) is 30.7 Å². The number of ether oxygens (including phenoxy) is 1. The van der Waals surface area contributed by atoms with Crippen LogP contribution < -0.4 is 10.1 Å². The first-order valence-corrected chi connectivity index (χ1v) is 9.36. The van der Waals surface area contributed by atoms with Crippen molar-refractivity contribution in [3.05, 3.63) is 63.6 Å². The van der Waals surface area contributed by atoms with Crippen molar-refractivity contribution < 1.29 is 9.53 Å². The molecular formula is C18H19Cl2NO2S. The van der Waals surface area contributed by atoms with Crippen LogP contribution in [0, 0.1) is 0 Å². The molecule has 0 spiro atoms. The topological polar surface area (TPSA) is 38.3 Å². The normalized spacial score (nSPS) is 11.8. The van der Waals surface area contributed by atoms with Gasteiger partial charge in [-0.15, -0.1) is 11.8 Å². The van der Waals surface area contributed by atoms with E-state index >= 15 is 0 Å². The quantitative estimate of drug-likeness (QED) is 0.721. The summed E-state index contributed by atoms with van der Waals surface area (Å²) in [5.41, 5.74) is 1.93. The van der Waals surface area contributed by atoms with Gasteiger partial charge in [-0.25, -0.2) is 0 Å². The van der Waals surface area contributed by atoms with Crippen LogP contribution in [0.4, 0.5) is 0 Å². The Kier molecular flexibility index (Phi) is 7.28. The maximum absolute atomic E-state index is 12.1. The molecule has 128 valence electrons. The van der Waals surface area contributed by atoms with E-state index in [1.807, 2.05) is 37.3 Å². The molecule has 1 N–H and O–H groups in total. The van der Waals surface area contributed by atoms with Crippen molar-refractivity contribution in [1.82, 2.24) is 5.32 Å². The zero-order valence-electron chi connectivity index (χ0n) is 13.5. The van der Waals surface area contributed by atoms with Crippen molar-refractivity contribution >= 4 is 40.9 Å². The van der Waals surface area contributed by atoms with Gasteiger partial charge in [0.2, 0.25) is 5.91 Å². The molecule has 24 heavy (non-hydrogen) atoms. The second-order valence-corrected chi connectivity index (χ2v) is 7.09. The van der Waals surface area contributed by atoms with Crippen LogP contribution in [0.1, 0.15) is 24.1 Å². The van der Waals surface area contributed by atoms with E-state index in [0.29, 0.717) is 21.6 Å². The molecule has 6 heteroatoms. The lowest BCUT2D eigenvalue weighted by atomic mass is 10.1. The highest BCUT2D eigenvalue weighted by Gasteiger charge is 2.13. The summed E-state index contributed by atoms with van der Waals surface area (Å²) in [5.74, 6) is 1.76. The molecule has 0 saturated heterocycles. The van der Waals surface area contributed by atoms with Crippen LogP contribution in [0.25, 0.3) is 0 Å². The Hall–Kier alpha value is -1.36. The number of nitrogens with one attached hydrogen (secondary N) is 1. The molecule has 0 saturated carbocycles. The van der Waals surface area contributed by atoms with Gasteiger partial charge in [-0.2, -0.15) is 0 Å². The molecule has 0 heterocycles. The van der Waals surface area contributed by atoms with E-state index in [1.54, 1.807) is 19.2 Å². The Bertz CT molecular complexity index is 709. The smallest absolute Gasteiger partial charge is 0.230 e. The minimum Gasteiger partial charge on any atom is -0.496 e. The fraction of sp³-hybridized carbons (Fsp3) is 0.278. The molecule has 3 nitrogen and oxygen atoms in total. The molecule has 1 atom stereocenters. The van der Waals surface area contributed by atoms with Crippen LogP contribution in [0.15, 0.2) is 42.5 Å². The predicted molar refractivity (Wildman–Crippen MR) is 102 cm³/mol. The van der Waals surface area contributed by atoms with Crippen molar-refractivity contribution in [2.45, 2.75) is 18.7 Å². The first-order chi connectivity index (χ1) is 11.5. The summed E-state index contributed by atoms with van der Waals surface area (Å²) in [7, 11) is 1.62. The molecule has 0 fully saturated rings. The van der Waals surface area contributed by atoms with Gasteiger partial charge in [-0.1, -0.05) is 47.5 Å². The van der Waals surface area contributed by atoms with E-state index in [1.165, 1.54) is 11.8 Å². The number of hydrogen-bond donors (Lipinski definition) is 1. The molecule has 2 aromatic rings. The fourth-order valence-corrected chi connectivity index (χ4v) is 3.67. The number of methoxy groups -OCH3 is 1. The number of hydrogen-bond acceptors (Lipinski definition) is 3. The van der Waals surface area contributed by atoms with Gasteiger partial charge < -0.3 is 10.1 Å². The molecule has 1 unspecified atom stereocenters. The number of thioether (sulfide) groups is 1. The lowest BCUT2D eigenvalue weighted by molar-refractivity contribution is -0.119. The van der Waals surface area contributed by atoms with E-state index in [4.69, 9.17) is 27.9 Å². The number of para-hydroxylation sites is 1. The third kappa shape index (κ3) is 5.33. The minimum atomic E-state index is -0.117. The maximum Gasteiger partial charge on any atom is 0.230 e. The van der Waals surface area contributed by atoms with Gasteiger partial charge in [0, 0.05) is 21.4 Å². The third-order valence-corrected chi connectivity index (χ3v) is 5.06. The van der Waals surface area contributed by atoms with Gasteiger partial charge in [-0.3, -0.25) is 4.79 Å². The van der Waals surface area contributed by atoms with Crippen LogP contribution in [-0.2, 0) is 10.5 Å². The van der Waals surface area contributed by atoms with Crippen LogP contribution in [0.5, 0.6) is 5.75 Å². The lowest BCUT2D eigenvalue weighted by Crippen LogP contribution is -2.28. The average Bonchev–Trinajstić information content (AvgIpc) is 2.56. The first kappa shape index (κ1) is 19.0. The Morgan fingerprint density at radius 2 is 2.00 bits per heavy atom. The molecule has 0 aliphatic rings. The second kappa shape index (κ2) is 9.21. The number of benzene rings is 2. The van der Waals surface area contributed by atoms with Crippen molar-refractivity contribution in [3.8, 4) is 5.75 Å². The summed E-state index contributed by atoms with van der Waals surface area (Å²) in [5, 5.41) is 4.22. The van der Waals surface area contributed by atoms with Crippen LogP contribution in [-0.4, -0.2) is 18.8 Å². The van der Waals surface area contributed by atoms with Gasteiger partial charge in [0.25, 0.3) is 0 Å². The van der Waals surface area contributed by atoms with Gasteiger partial charge >= 0.3 is 0 Å². The van der Waals surface area contributed by atoms with E-state index in [9.17, 15) is 4.79 Å². The Labute approximate surface area is 156 Å². The van der Waals surface area contributed by atoms with E-state index in [0.717, 1.165) is 16.9 Å². The first-order valence-electron chi connectivity index (χ1n) is 7.45. The number of amides is 1. The molecule has 1 amide bonds. The largest absolute Gasteiger partial charge is 0.496 e. The highest BCUT2D eigenvalue weighted by molar-refractivity contribution is 7.99. The van der Waals surface area contributed by atoms with E-state index in [2.05, 4.69) is 5.32 Å². The van der Waals surface area contributed by atoms with Crippen LogP contribution >= 0.6 is 35.0 Å². The zero-order valence-corrected chi connectivity index (χ0v) is 15.8. The maximum atomic E-state index is 12.1. The number of rotatable bonds is 7. The summed E-state index contributed by atoms with van der Waals surface area (Å²) in [6.45, 7) is 1.94. The van der Waals surface area contributed by atoms with Gasteiger partial charge in [0.1, 0.15) is 5.75 Å². The summed E-state index contributed by atoms with van der Waals surface area (Å²) in [6, 6.07) is 12.9. The minimum absolute atomic E-state index is 0.0245. The Morgan fingerprint density at radius 3 is 2.71 bits per heavy atom. The van der Waals surface area contributed by atoms with Gasteiger partial charge in [0.15, 0.2) is 0 Å². The standard InChI is InChI=1S/C18H19Cl2NO2S/c1-12(15-5-3-4-6-17(15)23-2)21-18(22)11-24-10-13-7-8-14(19)9-16(13)20/h3-9,12H,10-11H2,1-2H3,(H,21,22). The summed E-state index contributed by atoms with van der Waals surface area (Å²) < 4.78 is 5.33. The molecule has 0 radical (unpaired) electrons. The molecule has 0 aromatic heterocycles. The molecular weight excluding hydrogens is 365 g/mol. The van der Waals surface area contributed by atoms with Crippen molar-refractivity contribution in [1.29, 1.82) is 0 Å². The zero-order chi connectivity index (χ0) is 17.5. The summed E-state index contributed by atoms with van der Waals surface area (Å²) in [4.78, 5) is 12.1. The Balaban J connectivity index is 1.84. The number of carbonyl (C=O) groups is 1. The molecule has 0 aliphatic heterocycles. The van der Waals surface area contributed by atoms with Crippen LogP contribution in [0.3, 0.4) is 0 Å². The van der Waals surface area contributed by atoms with E-state index in [-0.39, 0.29) is 11.9 Å². The molecule has 2 aromatic carbocycles. The van der Waals surface area contributed by atoms with Crippen molar-refractivity contribution in [3.63, 3.8) is 0 Å². The third-order valence-electron chi connectivity index (χ3n) is 3.49. The molecule has 0 bridgehead atoms. The molecule has 0 aliphatic carbocycles. The van der Waals surface area contributed by atoms with E-state index < -0.39 is 0 Å². The fourth-order valence-electron chi connectivity index (χ4n) is 2.28. The van der Waals surface area contributed by atoms with Crippen molar-refractivity contribution in [2.24, 2.45) is 0 Å². The monoisotopic (exact) mass is 383 g/mol. The predicted octanol–water partition coefficient (Wildman–Crippen LogP) is 5.11. The number of halogens is 2. The van der Waals surface area contributed by atoms with Gasteiger partial charge in [0.05, 0.1) is 18.9 Å². The Morgan fingerprint density at radius 1 is 1.25 bits per heavy atom. The SMILES string of the molecule is COc1ccccc1C(C)NC(=O)CSCc1ccc(Cl)cc1Cl. The average molecular weight is 384 g/mol. The molecule has 2 rings (SSSR count). The van der Waals surface area contributed by atoms with Crippen LogP contribution in [0.2, 0.25) is 10.0 Å².